The highest BCUT2D eigenvalue weighted by Gasteiger charge is 2.26. The Bertz CT molecular complexity index is 960. The van der Waals surface area contributed by atoms with Crippen molar-refractivity contribution in [2.24, 2.45) is 0 Å². The van der Waals surface area contributed by atoms with Gasteiger partial charge in [0.15, 0.2) is 0 Å². The third-order valence-electron chi connectivity index (χ3n) is 5.69. The van der Waals surface area contributed by atoms with Crippen molar-refractivity contribution < 1.29 is 4.90 Å². The molecule has 0 bridgehead atoms. The van der Waals surface area contributed by atoms with Gasteiger partial charge in [-0.2, -0.15) is 0 Å². The smallest absolute Gasteiger partial charge is 0.140 e. The highest BCUT2D eigenvalue weighted by atomic mass is 15.1. The topological polar surface area (TPSA) is 4.44 Å². The maximum atomic E-state index is 2.35. The molecule has 4 aromatic carbocycles. The molecule has 0 amide bonds. The van der Waals surface area contributed by atoms with E-state index >= 15 is 0 Å². The molecule has 4 aromatic rings. The van der Waals surface area contributed by atoms with Crippen molar-refractivity contribution >= 4 is 21.5 Å². The first-order valence-corrected chi connectivity index (χ1v) is 10.1. The zero-order chi connectivity index (χ0) is 18.6. The van der Waals surface area contributed by atoms with Crippen molar-refractivity contribution in [2.75, 3.05) is 13.6 Å². The molecule has 27 heavy (non-hydrogen) atoms. The Morgan fingerprint density at radius 3 is 1.67 bits per heavy atom. The number of fused-ring (bicyclic) bond motifs is 2. The standard InChI is InChI=1S/C26H27N/c1-3-4-19-27(2)26(24-17-9-13-20-11-5-7-15-22(20)24)25-18-10-14-21-12-6-8-16-23(21)25/h5-18,26H,3-4,19H2,1-2H3/p+1. The second kappa shape index (κ2) is 7.94. The Kier molecular flexibility index (Phi) is 5.22. The number of nitrogens with one attached hydrogen (secondary N) is 1. The van der Waals surface area contributed by atoms with Crippen LogP contribution in [0.3, 0.4) is 0 Å². The van der Waals surface area contributed by atoms with Crippen LogP contribution in [0.25, 0.3) is 21.5 Å². The maximum absolute atomic E-state index is 2.35. The van der Waals surface area contributed by atoms with Crippen molar-refractivity contribution in [1.82, 2.24) is 0 Å². The van der Waals surface area contributed by atoms with Gasteiger partial charge in [-0.25, -0.2) is 0 Å². The molecule has 0 saturated carbocycles. The summed E-state index contributed by atoms with van der Waals surface area (Å²) in [6, 6.07) is 31.4. The largest absolute Gasteiger partial charge is 0.327 e. The second-order valence-corrected chi connectivity index (χ2v) is 7.52. The highest BCUT2D eigenvalue weighted by Crippen LogP contribution is 2.31. The minimum absolute atomic E-state index is 0.328. The maximum Gasteiger partial charge on any atom is 0.140 e. The van der Waals surface area contributed by atoms with E-state index in [-0.39, 0.29) is 0 Å². The van der Waals surface area contributed by atoms with E-state index < -0.39 is 0 Å². The van der Waals surface area contributed by atoms with Crippen LogP contribution in [-0.4, -0.2) is 13.6 Å². The van der Waals surface area contributed by atoms with E-state index in [1.54, 1.807) is 4.90 Å². The third-order valence-corrected chi connectivity index (χ3v) is 5.69. The molecule has 1 atom stereocenters. The molecule has 1 unspecified atom stereocenters. The van der Waals surface area contributed by atoms with E-state index in [0.717, 1.165) is 0 Å². The van der Waals surface area contributed by atoms with Crippen molar-refractivity contribution in [3.05, 3.63) is 96.1 Å². The third kappa shape index (κ3) is 3.48. The lowest BCUT2D eigenvalue weighted by Gasteiger charge is -2.28. The summed E-state index contributed by atoms with van der Waals surface area (Å²) in [7, 11) is 2.35. The van der Waals surface area contributed by atoms with Gasteiger partial charge >= 0.3 is 0 Å². The van der Waals surface area contributed by atoms with Gasteiger partial charge in [0.25, 0.3) is 0 Å². The van der Waals surface area contributed by atoms with Gasteiger partial charge in [0.2, 0.25) is 0 Å². The van der Waals surface area contributed by atoms with E-state index in [0.29, 0.717) is 6.04 Å². The van der Waals surface area contributed by atoms with Crippen LogP contribution in [0, 0.1) is 0 Å². The van der Waals surface area contributed by atoms with Gasteiger partial charge in [0, 0.05) is 11.1 Å². The SMILES string of the molecule is CCCC[NH+](C)C(c1cccc2ccccc12)c1cccc2ccccc12. The summed E-state index contributed by atoms with van der Waals surface area (Å²) >= 11 is 0. The lowest BCUT2D eigenvalue weighted by Crippen LogP contribution is -3.09. The van der Waals surface area contributed by atoms with E-state index in [1.165, 1.54) is 52.1 Å². The van der Waals surface area contributed by atoms with Gasteiger partial charge in [-0.05, 0) is 28.0 Å². The van der Waals surface area contributed by atoms with Crippen LogP contribution in [0.15, 0.2) is 84.9 Å². The molecule has 0 aliphatic rings. The van der Waals surface area contributed by atoms with Crippen molar-refractivity contribution in [2.45, 2.75) is 25.8 Å². The molecular formula is C26H28N+. The zero-order valence-corrected chi connectivity index (χ0v) is 16.3. The Morgan fingerprint density at radius 1 is 0.667 bits per heavy atom. The van der Waals surface area contributed by atoms with Crippen LogP contribution < -0.4 is 4.90 Å². The predicted octanol–water partition coefficient (Wildman–Crippen LogP) is 5.40. The molecule has 0 saturated heterocycles. The average Bonchev–Trinajstić information content (AvgIpc) is 2.73. The molecule has 4 rings (SSSR count). The molecular weight excluding hydrogens is 326 g/mol. The lowest BCUT2D eigenvalue weighted by atomic mass is 9.89. The van der Waals surface area contributed by atoms with Gasteiger partial charge in [-0.15, -0.1) is 0 Å². The Labute approximate surface area is 162 Å². The Balaban J connectivity index is 1.94. The average molecular weight is 355 g/mol. The molecule has 0 radical (unpaired) electrons. The first-order valence-electron chi connectivity index (χ1n) is 10.1. The van der Waals surface area contributed by atoms with E-state index in [9.17, 15) is 0 Å². The van der Waals surface area contributed by atoms with Crippen LogP contribution in [0.1, 0.15) is 36.9 Å². The van der Waals surface area contributed by atoms with Crippen LogP contribution in [0.4, 0.5) is 0 Å². The summed E-state index contributed by atoms with van der Waals surface area (Å²) in [5.41, 5.74) is 2.86. The van der Waals surface area contributed by atoms with E-state index in [1.807, 2.05) is 0 Å². The fourth-order valence-corrected chi connectivity index (χ4v) is 4.30. The number of quaternary nitrogens is 1. The normalized spacial score (nSPS) is 12.7. The Morgan fingerprint density at radius 2 is 1.15 bits per heavy atom. The zero-order valence-electron chi connectivity index (χ0n) is 16.3. The van der Waals surface area contributed by atoms with Crippen LogP contribution in [-0.2, 0) is 0 Å². The molecule has 0 heterocycles. The van der Waals surface area contributed by atoms with Gasteiger partial charge < -0.3 is 4.90 Å². The minimum Gasteiger partial charge on any atom is -0.327 e. The molecule has 1 N–H and O–H groups in total. The summed E-state index contributed by atoms with van der Waals surface area (Å²) < 4.78 is 0. The lowest BCUT2D eigenvalue weighted by molar-refractivity contribution is -0.906. The van der Waals surface area contributed by atoms with E-state index in [2.05, 4.69) is 98.9 Å². The highest BCUT2D eigenvalue weighted by molar-refractivity contribution is 5.89. The summed E-state index contributed by atoms with van der Waals surface area (Å²) in [4.78, 5) is 1.56. The van der Waals surface area contributed by atoms with Crippen LogP contribution in [0.2, 0.25) is 0 Å². The second-order valence-electron chi connectivity index (χ2n) is 7.52. The summed E-state index contributed by atoms with van der Waals surface area (Å²) in [5, 5.41) is 5.38. The van der Waals surface area contributed by atoms with Crippen molar-refractivity contribution in [3.8, 4) is 0 Å². The first kappa shape index (κ1) is 17.8. The quantitative estimate of drug-likeness (QED) is 0.473. The molecule has 136 valence electrons. The van der Waals surface area contributed by atoms with E-state index in [4.69, 9.17) is 0 Å². The molecule has 1 nitrogen and oxygen atoms in total. The number of rotatable bonds is 6. The van der Waals surface area contributed by atoms with Crippen molar-refractivity contribution in [3.63, 3.8) is 0 Å². The number of unbranched alkanes of at least 4 members (excludes halogenated alkanes) is 1. The molecule has 0 aromatic heterocycles. The monoisotopic (exact) mass is 354 g/mol. The molecule has 0 spiro atoms. The Hall–Kier alpha value is -2.64. The summed E-state index contributed by atoms with van der Waals surface area (Å²) in [6.45, 7) is 3.45. The minimum atomic E-state index is 0.328. The van der Waals surface area contributed by atoms with Gasteiger partial charge in [-0.3, -0.25) is 0 Å². The fourth-order valence-electron chi connectivity index (χ4n) is 4.30. The predicted molar refractivity (Wildman–Crippen MR) is 116 cm³/mol. The number of hydrogen-bond donors (Lipinski definition) is 1. The molecule has 0 aliphatic heterocycles. The van der Waals surface area contributed by atoms with Crippen LogP contribution >= 0.6 is 0 Å². The van der Waals surface area contributed by atoms with Gasteiger partial charge in [-0.1, -0.05) is 98.3 Å². The van der Waals surface area contributed by atoms with Gasteiger partial charge in [0.1, 0.15) is 6.04 Å². The number of benzene rings is 4. The molecule has 1 heteroatoms. The molecule has 0 fully saturated rings. The summed E-state index contributed by atoms with van der Waals surface area (Å²) in [6.07, 6.45) is 2.48. The van der Waals surface area contributed by atoms with Crippen LogP contribution in [0.5, 0.6) is 0 Å². The number of hydrogen-bond acceptors (Lipinski definition) is 0. The fraction of sp³-hybridized carbons (Fsp3) is 0.231. The van der Waals surface area contributed by atoms with Gasteiger partial charge in [0.05, 0.1) is 13.6 Å². The summed E-state index contributed by atoms with van der Waals surface area (Å²) in [5.74, 6) is 0. The molecule has 0 aliphatic carbocycles. The van der Waals surface area contributed by atoms with Crippen molar-refractivity contribution in [1.29, 1.82) is 0 Å². The first-order chi connectivity index (χ1) is 13.3.